The summed E-state index contributed by atoms with van der Waals surface area (Å²) in [6.07, 6.45) is 0. The van der Waals surface area contributed by atoms with E-state index in [0.29, 0.717) is 10.6 Å². The van der Waals surface area contributed by atoms with E-state index in [0.717, 1.165) is 10.6 Å². The van der Waals surface area contributed by atoms with Crippen LogP contribution in [0.25, 0.3) is 10.6 Å². The molecule has 3 rings (SSSR count). The van der Waals surface area contributed by atoms with Crippen molar-refractivity contribution >= 4 is 23.2 Å². The lowest BCUT2D eigenvalue weighted by Crippen LogP contribution is -2.12. The van der Waals surface area contributed by atoms with Gasteiger partial charge in [0.15, 0.2) is 0 Å². The second-order valence-electron chi connectivity index (χ2n) is 5.08. The molecule has 2 N–H and O–H groups in total. The van der Waals surface area contributed by atoms with Crippen LogP contribution in [-0.2, 0) is 0 Å². The van der Waals surface area contributed by atoms with E-state index >= 15 is 0 Å². The molecule has 120 valence electrons. The summed E-state index contributed by atoms with van der Waals surface area (Å²) in [6.45, 7) is 1.76. The molecule has 0 atom stereocenters. The molecule has 6 heteroatoms. The molecule has 0 saturated carbocycles. The van der Waals surface area contributed by atoms with Crippen LogP contribution in [0.4, 0.5) is 0 Å². The van der Waals surface area contributed by atoms with Crippen molar-refractivity contribution < 1.29 is 14.3 Å². The molecule has 0 bridgehead atoms. The van der Waals surface area contributed by atoms with Crippen molar-refractivity contribution in [1.29, 1.82) is 0 Å². The Bertz CT molecular complexity index is 904. The zero-order valence-electron chi connectivity index (χ0n) is 12.9. The van der Waals surface area contributed by atoms with Crippen LogP contribution < -0.4 is 10.5 Å². The van der Waals surface area contributed by atoms with Crippen molar-refractivity contribution in [2.75, 3.05) is 0 Å². The van der Waals surface area contributed by atoms with Gasteiger partial charge in [-0.1, -0.05) is 36.4 Å². The molecule has 0 aliphatic heterocycles. The molecule has 2 aromatic carbocycles. The molecule has 1 amide bonds. The standard InChI is InChI=1S/C18H14N2O3S/c1-11-15(24-17(20-11)12-6-3-2-4-7-12)18(22)23-14-9-5-8-13(10-14)16(19)21/h2-10H,1H3,(H2,19,21). The minimum Gasteiger partial charge on any atom is -0.422 e. The molecule has 3 aromatic rings. The summed E-state index contributed by atoms with van der Waals surface area (Å²) >= 11 is 1.27. The van der Waals surface area contributed by atoms with Crippen LogP contribution in [0.2, 0.25) is 0 Å². The molecule has 1 heterocycles. The van der Waals surface area contributed by atoms with Crippen molar-refractivity contribution in [3.05, 3.63) is 70.7 Å². The van der Waals surface area contributed by atoms with E-state index in [2.05, 4.69) is 4.98 Å². The van der Waals surface area contributed by atoms with E-state index in [1.807, 2.05) is 30.3 Å². The maximum atomic E-state index is 12.4. The quantitative estimate of drug-likeness (QED) is 0.583. The van der Waals surface area contributed by atoms with Crippen LogP contribution in [0.1, 0.15) is 25.7 Å². The third-order valence-corrected chi connectivity index (χ3v) is 4.52. The Morgan fingerprint density at radius 1 is 1.08 bits per heavy atom. The van der Waals surface area contributed by atoms with Crippen LogP contribution in [0.5, 0.6) is 5.75 Å². The summed E-state index contributed by atoms with van der Waals surface area (Å²) in [7, 11) is 0. The van der Waals surface area contributed by atoms with E-state index in [1.165, 1.54) is 17.4 Å². The lowest BCUT2D eigenvalue weighted by molar-refractivity contribution is 0.0737. The topological polar surface area (TPSA) is 82.3 Å². The summed E-state index contributed by atoms with van der Waals surface area (Å²) in [5.41, 5.74) is 7.06. The number of primary amides is 1. The van der Waals surface area contributed by atoms with Gasteiger partial charge in [0.1, 0.15) is 15.6 Å². The average molecular weight is 338 g/mol. The molecule has 0 radical (unpaired) electrons. The molecule has 0 spiro atoms. The molecule has 0 saturated heterocycles. The number of rotatable bonds is 4. The van der Waals surface area contributed by atoms with Crippen LogP contribution in [0.3, 0.4) is 0 Å². The Hall–Kier alpha value is -2.99. The lowest BCUT2D eigenvalue weighted by Gasteiger charge is -2.04. The number of ether oxygens (including phenoxy) is 1. The van der Waals surface area contributed by atoms with E-state index in [-0.39, 0.29) is 11.3 Å². The van der Waals surface area contributed by atoms with Crippen molar-refractivity contribution in [2.24, 2.45) is 5.73 Å². The molecule has 24 heavy (non-hydrogen) atoms. The number of hydrogen-bond acceptors (Lipinski definition) is 5. The number of nitrogens with two attached hydrogens (primary N) is 1. The summed E-state index contributed by atoms with van der Waals surface area (Å²) in [5, 5.41) is 0.755. The fourth-order valence-corrected chi connectivity index (χ4v) is 3.10. The van der Waals surface area contributed by atoms with Gasteiger partial charge in [0.05, 0.1) is 5.69 Å². The zero-order chi connectivity index (χ0) is 17.1. The fourth-order valence-electron chi connectivity index (χ4n) is 2.16. The Morgan fingerprint density at radius 2 is 1.83 bits per heavy atom. The van der Waals surface area contributed by atoms with Crippen molar-refractivity contribution in [3.8, 4) is 16.3 Å². The van der Waals surface area contributed by atoms with Crippen LogP contribution in [0, 0.1) is 6.92 Å². The molecule has 0 aliphatic carbocycles. The highest BCUT2D eigenvalue weighted by Crippen LogP contribution is 2.28. The molecule has 1 aromatic heterocycles. The number of aromatic nitrogens is 1. The van der Waals surface area contributed by atoms with Gasteiger partial charge in [-0.3, -0.25) is 4.79 Å². The van der Waals surface area contributed by atoms with Gasteiger partial charge in [0, 0.05) is 11.1 Å². The average Bonchev–Trinajstić information content (AvgIpc) is 2.98. The smallest absolute Gasteiger partial charge is 0.355 e. The summed E-state index contributed by atoms with van der Waals surface area (Å²) < 4.78 is 5.34. The summed E-state index contributed by atoms with van der Waals surface area (Å²) in [6, 6.07) is 15.8. The van der Waals surface area contributed by atoms with E-state index < -0.39 is 11.9 Å². The van der Waals surface area contributed by atoms with Crippen molar-refractivity contribution in [1.82, 2.24) is 4.98 Å². The first kappa shape index (κ1) is 15.9. The Balaban J connectivity index is 1.84. The van der Waals surface area contributed by atoms with Crippen LogP contribution in [0.15, 0.2) is 54.6 Å². The van der Waals surface area contributed by atoms with E-state index in [9.17, 15) is 9.59 Å². The SMILES string of the molecule is Cc1nc(-c2ccccc2)sc1C(=O)Oc1cccc(C(N)=O)c1. The second-order valence-corrected chi connectivity index (χ2v) is 6.08. The number of thiazole rings is 1. The maximum absolute atomic E-state index is 12.4. The summed E-state index contributed by atoms with van der Waals surface area (Å²) in [5.74, 6) is -0.813. The maximum Gasteiger partial charge on any atom is 0.355 e. The number of carbonyl (C=O) groups excluding carboxylic acids is 2. The minimum atomic E-state index is -0.576. The van der Waals surface area contributed by atoms with Crippen LogP contribution >= 0.6 is 11.3 Å². The summed E-state index contributed by atoms with van der Waals surface area (Å²) in [4.78, 5) is 28.5. The second kappa shape index (κ2) is 6.64. The monoisotopic (exact) mass is 338 g/mol. The normalized spacial score (nSPS) is 10.4. The van der Waals surface area contributed by atoms with Crippen LogP contribution in [-0.4, -0.2) is 16.9 Å². The Morgan fingerprint density at radius 3 is 2.54 bits per heavy atom. The van der Waals surface area contributed by atoms with Crippen molar-refractivity contribution in [3.63, 3.8) is 0 Å². The number of aryl methyl sites for hydroxylation is 1. The third-order valence-electron chi connectivity index (χ3n) is 3.33. The predicted octanol–water partition coefficient (Wildman–Crippen LogP) is 3.44. The predicted molar refractivity (Wildman–Crippen MR) is 92.2 cm³/mol. The molecular weight excluding hydrogens is 324 g/mol. The highest BCUT2D eigenvalue weighted by Gasteiger charge is 2.18. The first-order valence-corrected chi connectivity index (χ1v) is 8.01. The van der Waals surface area contributed by atoms with Gasteiger partial charge in [0.25, 0.3) is 0 Å². The molecule has 0 unspecified atom stereocenters. The number of esters is 1. The molecule has 5 nitrogen and oxygen atoms in total. The number of hydrogen-bond donors (Lipinski definition) is 1. The number of nitrogens with zero attached hydrogens (tertiary/aromatic N) is 1. The number of benzene rings is 2. The largest absolute Gasteiger partial charge is 0.422 e. The van der Waals surface area contributed by atoms with Crippen molar-refractivity contribution in [2.45, 2.75) is 6.92 Å². The first-order valence-electron chi connectivity index (χ1n) is 7.19. The van der Waals surface area contributed by atoms with Gasteiger partial charge in [-0.05, 0) is 25.1 Å². The minimum absolute atomic E-state index is 0.269. The highest BCUT2D eigenvalue weighted by atomic mass is 32.1. The fraction of sp³-hybridized carbons (Fsp3) is 0.0556. The van der Waals surface area contributed by atoms with Gasteiger partial charge >= 0.3 is 5.97 Å². The Labute approximate surface area is 142 Å². The number of carbonyl (C=O) groups is 2. The highest BCUT2D eigenvalue weighted by molar-refractivity contribution is 7.17. The molecule has 0 fully saturated rings. The van der Waals surface area contributed by atoms with Gasteiger partial charge in [-0.15, -0.1) is 11.3 Å². The lowest BCUT2D eigenvalue weighted by atomic mass is 10.2. The van der Waals surface area contributed by atoms with Gasteiger partial charge in [-0.2, -0.15) is 0 Å². The van der Waals surface area contributed by atoms with Gasteiger partial charge in [0.2, 0.25) is 5.91 Å². The molecule has 0 aliphatic rings. The van der Waals surface area contributed by atoms with Gasteiger partial charge < -0.3 is 10.5 Å². The molecular formula is C18H14N2O3S. The van der Waals surface area contributed by atoms with Gasteiger partial charge in [-0.25, -0.2) is 9.78 Å². The zero-order valence-corrected chi connectivity index (χ0v) is 13.7. The van der Waals surface area contributed by atoms with E-state index in [1.54, 1.807) is 25.1 Å². The Kier molecular flexibility index (Phi) is 4.39. The van der Waals surface area contributed by atoms with E-state index in [4.69, 9.17) is 10.5 Å². The third kappa shape index (κ3) is 3.33. The number of amides is 1. The first-order chi connectivity index (χ1) is 11.5.